The number of aromatic nitrogens is 2. The van der Waals surface area contributed by atoms with Crippen LogP contribution in [0.1, 0.15) is 61.8 Å². The normalized spacial score (nSPS) is 21.2. The van der Waals surface area contributed by atoms with Crippen LogP contribution in [0.2, 0.25) is 18.1 Å². The van der Waals surface area contributed by atoms with E-state index in [-0.39, 0.29) is 29.5 Å². The first kappa shape index (κ1) is 21.7. The molecular formula is C19H37BN2O3Si. The zero-order valence-electron chi connectivity index (χ0n) is 18.3. The van der Waals surface area contributed by atoms with Crippen LogP contribution in [0.25, 0.3) is 0 Å². The molecule has 2 rings (SSSR count). The van der Waals surface area contributed by atoms with Gasteiger partial charge >= 0.3 is 7.12 Å². The lowest BCUT2D eigenvalue weighted by Crippen LogP contribution is -2.43. The van der Waals surface area contributed by atoms with Crippen LogP contribution >= 0.6 is 0 Å². The summed E-state index contributed by atoms with van der Waals surface area (Å²) >= 11 is 0. The van der Waals surface area contributed by atoms with E-state index in [1.165, 1.54) is 0 Å². The highest BCUT2D eigenvalue weighted by molar-refractivity contribution is 6.74. The Morgan fingerprint density at radius 2 is 1.73 bits per heavy atom. The molecule has 26 heavy (non-hydrogen) atoms. The van der Waals surface area contributed by atoms with Crippen LogP contribution in [0.3, 0.4) is 0 Å². The van der Waals surface area contributed by atoms with Crippen molar-refractivity contribution in [3.8, 4) is 0 Å². The lowest BCUT2D eigenvalue weighted by Gasteiger charge is -2.38. The van der Waals surface area contributed by atoms with E-state index < -0.39 is 8.32 Å². The lowest BCUT2D eigenvalue weighted by molar-refractivity contribution is 0.00578. The van der Waals surface area contributed by atoms with Gasteiger partial charge < -0.3 is 13.7 Å². The van der Waals surface area contributed by atoms with Crippen molar-refractivity contribution in [2.75, 3.05) is 0 Å². The molecule has 0 amide bonds. The van der Waals surface area contributed by atoms with E-state index in [2.05, 4.69) is 73.6 Å². The fourth-order valence-electron chi connectivity index (χ4n) is 2.66. The summed E-state index contributed by atoms with van der Waals surface area (Å²) in [5.41, 5.74) is 0.318. The fraction of sp³-hybridized carbons (Fsp3) is 0.842. The highest BCUT2D eigenvalue weighted by Gasteiger charge is 2.52. The van der Waals surface area contributed by atoms with Gasteiger partial charge in [0.1, 0.15) is 0 Å². The molecule has 1 aromatic heterocycles. The second-order valence-electron chi connectivity index (χ2n) is 10.1. The molecule has 7 heteroatoms. The van der Waals surface area contributed by atoms with Gasteiger partial charge in [0.15, 0.2) is 8.32 Å². The highest BCUT2D eigenvalue weighted by Crippen LogP contribution is 2.38. The second-order valence-corrected chi connectivity index (χ2v) is 14.9. The zero-order chi connectivity index (χ0) is 20.0. The summed E-state index contributed by atoms with van der Waals surface area (Å²) in [6.07, 6.45) is 5.04. The zero-order valence-corrected chi connectivity index (χ0v) is 19.3. The lowest BCUT2D eigenvalue weighted by atomic mass is 9.82. The monoisotopic (exact) mass is 380 g/mol. The van der Waals surface area contributed by atoms with Gasteiger partial charge in [0.25, 0.3) is 0 Å². The van der Waals surface area contributed by atoms with Crippen molar-refractivity contribution in [2.45, 2.75) is 104 Å². The first-order valence-corrected chi connectivity index (χ1v) is 12.6. The highest BCUT2D eigenvalue weighted by atomic mass is 28.4. The first-order valence-electron chi connectivity index (χ1n) is 9.70. The van der Waals surface area contributed by atoms with Crippen LogP contribution < -0.4 is 5.46 Å². The van der Waals surface area contributed by atoms with E-state index in [1.807, 2.05) is 17.1 Å². The van der Waals surface area contributed by atoms with Crippen LogP contribution in [0.15, 0.2) is 12.4 Å². The summed E-state index contributed by atoms with van der Waals surface area (Å²) in [6.45, 7) is 22.7. The van der Waals surface area contributed by atoms with E-state index in [4.69, 9.17) is 13.7 Å². The van der Waals surface area contributed by atoms with Crippen molar-refractivity contribution in [3.63, 3.8) is 0 Å². The van der Waals surface area contributed by atoms with Gasteiger partial charge in [-0.2, -0.15) is 5.10 Å². The molecule has 0 aliphatic carbocycles. The maximum absolute atomic E-state index is 6.43. The smallest absolute Gasteiger partial charge is 0.414 e. The maximum Gasteiger partial charge on any atom is 0.498 e. The van der Waals surface area contributed by atoms with Gasteiger partial charge in [-0.25, -0.2) is 0 Å². The quantitative estimate of drug-likeness (QED) is 0.701. The average molecular weight is 380 g/mol. The number of rotatable bonds is 6. The fourth-order valence-corrected chi connectivity index (χ4v) is 4.13. The molecule has 5 nitrogen and oxygen atoms in total. The molecule has 0 radical (unpaired) electrons. The van der Waals surface area contributed by atoms with E-state index in [9.17, 15) is 0 Å². The minimum Gasteiger partial charge on any atom is -0.414 e. The van der Waals surface area contributed by atoms with E-state index >= 15 is 0 Å². The van der Waals surface area contributed by atoms with Gasteiger partial charge in [-0.05, 0) is 59.2 Å². The van der Waals surface area contributed by atoms with Crippen LogP contribution in [0.5, 0.6) is 0 Å². The van der Waals surface area contributed by atoms with Crippen LogP contribution in [-0.2, 0) is 20.3 Å². The third kappa shape index (κ3) is 4.61. The Hall–Kier alpha value is -0.628. The van der Waals surface area contributed by atoms with Crippen molar-refractivity contribution in [3.05, 3.63) is 12.4 Å². The van der Waals surface area contributed by atoms with Crippen molar-refractivity contribution in [1.29, 1.82) is 0 Å². The Kier molecular flexibility index (Phi) is 5.90. The Morgan fingerprint density at radius 3 is 2.23 bits per heavy atom. The third-order valence-electron chi connectivity index (χ3n) is 6.25. The van der Waals surface area contributed by atoms with Gasteiger partial charge in [0.05, 0.1) is 11.2 Å². The molecule has 0 bridgehead atoms. The molecule has 1 saturated heterocycles. The van der Waals surface area contributed by atoms with Crippen molar-refractivity contribution < 1.29 is 13.7 Å². The minimum atomic E-state index is -1.72. The molecule has 0 saturated carbocycles. The Morgan fingerprint density at radius 1 is 1.19 bits per heavy atom. The Labute approximate surface area is 161 Å². The average Bonchev–Trinajstić information content (AvgIpc) is 2.98. The molecule has 0 aromatic carbocycles. The molecular weight excluding hydrogens is 343 g/mol. The van der Waals surface area contributed by atoms with E-state index in [1.54, 1.807) is 0 Å². The van der Waals surface area contributed by atoms with E-state index in [0.717, 1.165) is 18.4 Å². The molecule has 0 spiro atoms. The molecule has 0 N–H and O–H groups in total. The molecule has 148 valence electrons. The van der Waals surface area contributed by atoms with Crippen molar-refractivity contribution >= 4 is 20.9 Å². The Balaban J connectivity index is 1.92. The molecule has 1 aromatic rings. The van der Waals surface area contributed by atoms with Gasteiger partial charge in [-0.15, -0.1) is 0 Å². The summed E-state index contributed by atoms with van der Waals surface area (Å²) in [4.78, 5) is 0. The van der Waals surface area contributed by atoms with Gasteiger partial charge in [0, 0.05) is 30.5 Å². The summed E-state index contributed by atoms with van der Waals surface area (Å²) in [5, 5.41) is 4.72. The van der Waals surface area contributed by atoms with Crippen LogP contribution in [0, 0.1) is 0 Å². The topological polar surface area (TPSA) is 45.5 Å². The summed E-state index contributed by atoms with van der Waals surface area (Å²) in [7, 11) is -2.08. The van der Waals surface area contributed by atoms with Crippen LogP contribution in [-0.4, -0.2) is 42.5 Å². The summed E-state index contributed by atoms with van der Waals surface area (Å²) in [5.74, 6) is 0. The molecule has 1 aliphatic heterocycles. The Bertz CT molecular complexity index is 607. The number of hydrogen-bond donors (Lipinski definition) is 0. The van der Waals surface area contributed by atoms with E-state index in [0.29, 0.717) is 0 Å². The first-order chi connectivity index (χ1) is 11.6. The summed E-state index contributed by atoms with van der Waals surface area (Å²) in [6, 6.07) is 0. The van der Waals surface area contributed by atoms with Gasteiger partial charge in [-0.1, -0.05) is 20.8 Å². The molecule has 1 fully saturated rings. The van der Waals surface area contributed by atoms with Crippen molar-refractivity contribution in [2.24, 2.45) is 0 Å². The number of hydrogen-bond acceptors (Lipinski definition) is 4. The van der Waals surface area contributed by atoms with Crippen LogP contribution in [0.4, 0.5) is 0 Å². The number of aryl methyl sites for hydroxylation is 1. The SMILES string of the molecule is C[C@@H](CCn1cc(B2OC(C)(C)C(C)(C)O2)cn1)O[Si](C)(C)C(C)(C)C. The molecule has 1 aliphatic rings. The molecule has 0 unspecified atom stereocenters. The minimum absolute atomic E-state index is 0.223. The number of nitrogens with zero attached hydrogens (tertiary/aromatic N) is 2. The standard InChI is InChI=1S/C19H37BN2O3Si/c1-15(23-26(9,10)17(2,3)4)11-12-22-14-16(13-21-22)20-24-18(5,6)19(7,8)25-20/h13-15H,11-12H2,1-10H3/t15-/m0/s1. The predicted octanol–water partition coefficient (Wildman–Crippen LogP) is 3.98. The third-order valence-corrected chi connectivity index (χ3v) is 10.8. The second kappa shape index (κ2) is 7.08. The maximum atomic E-state index is 6.43. The van der Waals surface area contributed by atoms with Gasteiger partial charge in [0.2, 0.25) is 0 Å². The molecule has 1 atom stereocenters. The predicted molar refractivity (Wildman–Crippen MR) is 110 cm³/mol. The van der Waals surface area contributed by atoms with Crippen molar-refractivity contribution in [1.82, 2.24) is 9.78 Å². The van der Waals surface area contributed by atoms with Gasteiger partial charge in [-0.3, -0.25) is 4.68 Å². The largest absolute Gasteiger partial charge is 0.498 e. The molecule has 2 heterocycles. The summed E-state index contributed by atoms with van der Waals surface area (Å²) < 4.78 is 20.6.